The van der Waals surface area contributed by atoms with Crippen LogP contribution >= 0.6 is 0 Å². The number of aromatic nitrogens is 2. The molecule has 46 heavy (non-hydrogen) atoms. The molecule has 3 aromatic rings. The van der Waals surface area contributed by atoms with Crippen LogP contribution in [0, 0.1) is 12.1 Å². The lowest BCUT2D eigenvalue weighted by atomic mass is 10.1. The van der Waals surface area contributed by atoms with Gasteiger partial charge in [-0.25, -0.2) is 22.6 Å². The van der Waals surface area contributed by atoms with Gasteiger partial charge in [0, 0.05) is 5.56 Å². The van der Waals surface area contributed by atoms with E-state index in [0.717, 1.165) is 33.5 Å². The van der Waals surface area contributed by atoms with Gasteiger partial charge in [-0.15, -0.1) is 5.01 Å². The Bertz CT molecular complexity index is 1700. The van der Waals surface area contributed by atoms with Gasteiger partial charge in [0.25, 0.3) is 22.7 Å². The van der Waals surface area contributed by atoms with Crippen LogP contribution in [-0.2, 0) is 35.3 Å². The number of hydrogen-bond acceptors (Lipinski definition) is 10. The van der Waals surface area contributed by atoms with Crippen LogP contribution in [0.1, 0.15) is 44.9 Å². The first-order valence-electron chi connectivity index (χ1n) is 13.8. The Balaban J connectivity index is 1.45. The van der Waals surface area contributed by atoms with E-state index < -0.39 is 52.4 Å². The number of benzene rings is 2. The van der Waals surface area contributed by atoms with Crippen molar-refractivity contribution >= 4 is 22.1 Å². The molecule has 0 bridgehead atoms. The number of sulfonamides is 1. The van der Waals surface area contributed by atoms with Crippen molar-refractivity contribution in [3.63, 3.8) is 0 Å². The van der Waals surface area contributed by atoms with Crippen LogP contribution < -0.4 is 4.72 Å². The maximum absolute atomic E-state index is 13.5. The van der Waals surface area contributed by atoms with Gasteiger partial charge in [0.2, 0.25) is 5.28 Å². The number of alkyl halides is 3. The molecule has 0 unspecified atom stereocenters. The highest BCUT2D eigenvalue weighted by Crippen LogP contribution is 2.33. The van der Waals surface area contributed by atoms with Crippen LogP contribution in [0.15, 0.2) is 64.8 Å². The number of hydrazine groups is 1. The lowest BCUT2D eigenvalue weighted by molar-refractivity contribution is -0.712. The lowest BCUT2D eigenvalue weighted by Crippen LogP contribution is -2.47. The number of hydrogen-bond donors (Lipinski definition) is 1. The SMILES string of the molecule is Cc1ccc(-c2cc(C(F)(F)F)nn2-c2ccc(S(=O)(=O)NC(=O)[C@@H]3CCCN3/[N+]([O-])=N\OCOC(=O)OC(C)(C)C)cc2)cc1. The van der Waals surface area contributed by atoms with E-state index in [-0.39, 0.29) is 34.2 Å². The zero-order chi connectivity index (χ0) is 33.9. The summed E-state index contributed by atoms with van der Waals surface area (Å²) in [4.78, 5) is 28.7. The second-order valence-electron chi connectivity index (χ2n) is 11.2. The minimum atomic E-state index is -4.72. The number of halogens is 3. The number of ether oxygens (including phenoxy) is 2. The third-order valence-electron chi connectivity index (χ3n) is 6.47. The summed E-state index contributed by atoms with van der Waals surface area (Å²) in [5, 5.41) is 20.3. The Hall–Kier alpha value is -4.87. The number of carbonyl (C=O) groups is 2. The summed E-state index contributed by atoms with van der Waals surface area (Å²) >= 11 is 0. The van der Waals surface area contributed by atoms with E-state index in [2.05, 4.69) is 20.0 Å². The molecule has 0 saturated carbocycles. The van der Waals surface area contributed by atoms with E-state index in [9.17, 15) is 36.4 Å². The Kier molecular flexibility index (Phi) is 9.79. The summed E-state index contributed by atoms with van der Waals surface area (Å²) in [6.07, 6.45) is -5.31. The molecule has 2 aromatic carbocycles. The first kappa shape index (κ1) is 34.0. The van der Waals surface area contributed by atoms with Crippen molar-refractivity contribution in [3.05, 3.63) is 71.1 Å². The molecule has 0 aliphatic carbocycles. The third kappa shape index (κ3) is 8.43. The van der Waals surface area contributed by atoms with Gasteiger partial charge >= 0.3 is 12.3 Å². The van der Waals surface area contributed by atoms with Crippen LogP contribution in [-0.4, -0.2) is 65.2 Å². The molecule has 18 heteroatoms. The minimum absolute atomic E-state index is 0.0449. The molecule has 4 rings (SSSR count). The monoisotopic (exact) mass is 668 g/mol. The Morgan fingerprint density at radius 1 is 1.11 bits per heavy atom. The molecular formula is C28H31F3N6O8S. The van der Waals surface area contributed by atoms with Crippen molar-refractivity contribution in [3.8, 4) is 16.9 Å². The third-order valence-corrected chi connectivity index (χ3v) is 7.83. The van der Waals surface area contributed by atoms with Crippen molar-refractivity contribution in [2.75, 3.05) is 13.3 Å². The van der Waals surface area contributed by atoms with E-state index in [1.165, 1.54) is 12.1 Å². The predicted molar refractivity (Wildman–Crippen MR) is 153 cm³/mol. The molecule has 248 valence electrons. The first-order chi connectivity index (χ1) is 21.4. The van der Waals surface area contributed by atoms with Crippen molar-refractivity contribution in [2.45, 2.75) is 63.3 Å². The highest BCUT2D eigenvalue weighted by molar-refractivity contribution is 7.90. The average molecular weight is 669 g/mol. The fourth-order valence-corrected chi connectivity index (χ4v) is 5.38. The standard InChI is InChI=1S/C28H31F3N6O8S/c1-18-7-9-19(10-8-18)23-16-24(28(29,30)31)32-36(23)20-11-13-21(14-12-20)46(41,42)33-25(38)22-6-5-15-35(22)37(40)34-44-17-43-26(39)45-27(2,3)4/h7-14,16,22H,5-6,15,17H2,1-4H3,(H,33,38)/b37-34+/t22-/m0/s1. The summed E-state index contributed by atoms with van der Waals surface area (Å²) in [7, 11) is -4.47. The zero-order valence-corrected chi connectivity index (χ0v) is 26.0. The number of rotatable bonds is 9. The topological polar surface area (TPSA) is 167 Å². The number of carbonyl (C=O) groups excluding carboxylic acids is 2. The van der Waals surface area contributed by atoms with E-state index >= 15 is 0 Å². The average Bonchev–Trinajstić information content (AvgIpc) is 3.63. The molecule has 1 aliphatic rings. The summed E-state index contributed by atoms with van der Waals surface area (Å²) in [5.74, 6) is -1.02. The fourth-order valence-electron chi connectivity index (χ4n) is 4.37. The van der Waals surface area contributed by atoms with Crippen LogP contribution in [0.5, 0.6) is 0 Å². The normalized spacial score (nSPS) is 15.8. The Morgan fingerprint density at radius 2 is 1.76 bits per heavy atom. The zero-order valence-electron chi connectivity index (χ0n) is 25.1. The van der Waals surface area contributed by atoms with Gasteiger partial charge in [-0.05, 0) is 70.9 Å². The number of aryl methyl sites for hydroxylation is 1. The minimum Gasteiger partial charge on any atom is -0.569 e. The van der Waals surface area contributed by atoms with Gasteiger partial charge in [0.05, 0.1) is 27.8 Å². The molecule has 14 nitrogen and oxygen atoms in total. The smallest absolute Gasteiger partial charge is 0.511 e. The number of nitrogens with one attached hydrogen (secondary N) is 1. The van der Waals surface area contributed by atoms with Gasteiger partial charge < -0.3 is 19.5 Å². The highest BCUT2D eigenvalue weighted by atomic mass is 32.2. The van der Waals surface area contributed by atoms with Crippen molar-refractivity contribution in [1.29, 1.82) is 0 Å². The van der Waals surface area contributed by atoms with Crippen LogP contribution in [0.3, 0.4) is 0 Å². The Labute approximate surface area is 261 Å². The molecular weight excluding hydrogens is 637 g/mol. The first-order valence-corrected chi connectivity index (χ1v) is 15.3. The number of amides is 1. The van der Waals surface area contributed by atoms with Crippen molar-refractivity contribution < 1.29 is 50.5 Å². The maximum Gasteiger partial charge on any atom is 0.511 e. The van der Waals surface area contributed by atoms with E-state index in [0.29, 0.717) is 12.0 Å². The van der Waals surface area contributed by atoms with Gasteiger partial charge in [0.15, 0.2) is 11.7 Å². The maximum atomic E-state index is 13.5. The molecule has 1 aromatic heterocycles. The molecule has 2 heterocycles. The molecule has 1 amide bonds. The van der Waals surface area contributed by atoms with E-state index in [1.54, 1.807) is 45.0 Å². The molecule has 1 atom stereocenters. The molecule has 1 fully saturated rings. The number of nitrogens with zero attached hydrogens (tertiary/aromatic N) is 5. The predicted octanol–water partition coefficient (Wildman–Crippen LogP) is 4.85. The van der Waals surface area contributed by atoms with E-state index in [1.807, 2.05) is 11.6 Å². The highest BCUT2D eigenvalue weighted by Gasteiger charge is 2.39. The van der Waals surface area contributed by atoms with Crippen molar-refractivity contribution in [2.24, 2.45) is 5.28 Å². The molecule has 1 saturated heterocycles. The summed E-state index contributed by atoms with van der Waals surface area (Å²) < 4.78 is 79.1. The van der Waals surface area contributed by atoms with Gasteiger partial charge in [-0.2, -0.15) is 18.3 Å². The molecule has 0 spiro atoms. The van der Waals surface area contributed by atoms with Crippen molar-refractivity contribution in [1.82, 2.24) is 19.5 Å². The second kappa shape index (κ2) is 13.2. The van der Waals surface area contributed by atoms with E-state index in [4.69, 9.17) is 4.74 Å². The largest absolute Gasteiger partial charge is 0.569 e. The quantitative estimate of drug-likeness (QED) is 0.0831. The van der Waals surface area contributed by atoms with Gasteiger partial charge in [0.1, 0.15) is 5.60 Å². The molecule has 0 radical (unpaired) electrons. The van der Waals surface area contributed by atoms with Crippen LogP contribution in [0.2, 0.25) is 0 Å². The van der Waals surface area contributed by atoms with Crippen LogP contribution in [0.4, 0.5) is 18.0 Å². The summed E-state index contributed by atoms with van der Waals surface area (Å²) in [6, 6.07) is 11.1. The fraction of sp³-hybridized carbons (Fsp3) is 0.393. The molecule has 1 aliphatic heterocycles. The Morgan fingerprint density at radius 3 is 2.37 bits per heavy atom. The molecule has 1 N–H and O–H groups in total. The van der Waals surface area contributed by atoms with Gasteiger partial charge in [-0.3, -0.25) is 4.79 Å². The second-order valence-corrected chi connectivity index (χ2v) is 12.8. The summed E-state index contributed by atoms with van der Waals surface area (Å²) in [5.41, 5.74) is -0.322. The summed E-state index contributed by atoms with van der Waals surface area (Å²) in [6.45, 7) is 5.97. The lowest BCUT2D eigenvalue weighted by Gasteiger charge is -2.19. The van der Waals surface area contributed by atoms with Gasteiger partial charge in [-0.1, -0.05) is 29.8 Å². The van der Waals surface area contributed by atoms with Crippen LogP contribution in [0.25, 0.3) is 16.9 Å².